The molecule has 18 heavy (non-hydrogen) atoms. The van der Waals surface area contributed by atoms with Gasteiger partial charge in [-0.05, 0) is 19.9 Å². The second-order valence-electron chi connectivity index (χ2n) is 3.51. The first-order chi connectivity index (χ1) is 8.40. The van der Waals surface area contributed by atoms with Gasteiger partial charge in [-0.1, -0.05) is 0 Å². The topological polar surface area (TPSA) is 109 Å². The third-order valence-corrected chi connectivity index (χ3v) is 1.66. The summed E-state index contributed by atoms with van der Waals surface area (Å²) >= 11 is 0. The van der Waals surface area contributed by atoms with Crippen LogP contribution in [0.1, 0.15) is 24.4 Å². The van der Waals surface area contributed by atoms with Crippen molar-refractivity contribution in [2.45, 2.75) is 20.0 Å². The summed E-state index contributed by atoms with van der Waals surface area (Å²) in [5.74, 6) is -2.60. The molecule has 0 bridgehead atoms. The summed E-state index contributed by atoms with van der Waals surface area (Å²) in [5, 5.41) is 10.3. The summed E-state index contributed by atoms with van der Waals surface area (Å²) in [6.07, 6.45) is -0.319. The molecule has 98 valence electrons. The van der Waals surface area contributed by atoms with Crippen LogP contribution in [0.25, 0.3) is 0 Å². The van der Waals surface area contributed by atoms with Gasteiger partial charge in [0.05, 0.1) is 12.2 Å². The van der Waals surface area contributed by atoms with E-state index < -0.39 is 29.4 Å². The normalized spacial score (nSPS) is 10.2. The minimum Gasteiger partial charge on any atom is -0.460 e. The minimum atomic E-state index is -0.969. The Labute approximate surface area is 102 Å². The van der Waals surface area contributed by atoms with Crippen molar-refractivity contribution in [1.82, 2.24) is 0 Å². The molecule has 0 aliphatic carbocycles. The van der Waals surface area contributed by atoms with Crippen molar-refractivity contribution in [3.05, 3.63) is 28.0 Å². The fourth-order valence-corrected chi connectivity index (χ4v) is 1.03. The zero-order valence-electron chi connectivity index (χ0n) is 9.74. The molecule has 0 radical (unpaired) electrons. The van der Waals surface area contributed by atoms with E-state index in [2.05, 4.69) is 9.15 Å². The first kappa shape index (κ1) is 13.7. The summed E-state index contributed by atoms with van der Waals surface area (Å²) in [5.41, 5.74) is 0. The van der Waals surface area contributed by atoms with E-state index in [9.17, 15) is 19.7 Å². The van der Waals surface area contributed by atoms with Crippen molar-refractivity contribution in [3.63, 3.8) is 0 Å². The highest BCUT2D eigenvalue weighted by molar-refractivity contribution is 5.88. The molecule has 0 aromatic carbocycles. The van der Waals surface area contributed by atoms with Crippen LogP contribution in [0.15, 0.2) is 16.5 Å². The van der Waals surface area contributed by atoms with E-state index in [0.717, 1.165) is 12.1 Å². The van der Waals surface area contributed by atoms with Crippen molar-refractivity contribution >= 4 is 17.8 Å². The van der Waals surface area contributed by atoms with Crippen molar-refractivity contribution in [2.24, 2.45) is 0 Å². The first-order valence-electron chi connectivity index (χ1n) is 5.01. The van der Waals surface area contributed by atoms with Crippen LogP contribution in [0.5, 0.6) is 0 Å². The summed E-state index contributed by atoms with van der Waals surface area (Å²) < 4.78 is 13.9. The van der Waals surface area contributed by atoms with Crippen molar-refractivity contribution in [1.29, 1.82) is 0 Å². The molecule has 0 aliphatic rings. The number of nitro groups is 1. The van der Waals surface area contributed by atoms with Crippen LogP contribution in [-0.4, -0.2) is 29.6 Å². The maximum atomic E-state index is 11.3. The molecule has 0 unspecified atom stereocenters. The minimum absolute atomic E-state index is 0.319. The third-order valence-electron chi connectivity index (χ3n) is 1.66. The van der Waals surface area contributed by atoms with Gasteiger partial charge < -0.3 is 13.9 Å². The van der Waals surface area contributed by atoms with Gasteiger partial charge in [-0.15, -0.1) is 0 Å². The zero-order valence-corrected chi connectivity index (χ0v) is 9.74. The lowest BCUT2D eigenvalue weighted by atomic mass is 10.4. The van der Waals surface area contributed by atoms with Crippen molar-refractivity contribution < 1.29 is 28.4 Å². The smallest absolute Gasteiger partial charge is 0.433 e. The Hall–Kier alpha value is -2.38. The molecule has 0 aliphatic heterocycles. The number of rotatable bonds is 5. The zero-order chi connectivity index (χ0) is 13.7. The van der Waals surface area contributed by atoms with Gasteiger partial charge in [-0.3, -0.25) is 10.1 Å². The lowest BCUT2D eigenvalue weighted by molar-refractivity contribution is -0.402. The average Bonchev–Trinajstić information content (AvgIpc) is 2.74. The fourth-order valence-electron chi connectivity index (χ4n) is 1.03. The van der Waals surface area contributed by atoms with E-state index in [4.69, 9.17) is 4.74 Å². The standard InChI is InChI=1S/C10H11NO7/c1-6(2)17-9(12)5-16-10(13)7-3-4-8(18-7)11(14)15/h3-4,6H,5H2,1-2H3. The van der Waals surface area contributed by atoms with E-state index >= 15 is 0 Å². The molecule has 0 saturated heterocycles. The average molecular weight is 257 g/mol. The summed E-state index contributed by atoms with van der Waals surface area (Å²) in [6.45, 7) is 2.72. The van der Waals surface area contributed by atoms with Crippen molar-refractivity contribution in [3.8, 4) is 0 Å². The molecule has 0 spiro atoms. The van der Waals surface area contributed by atoms with E-state index in [1.807, 2.05) is 0 Å². The highest BCUT2D eigenvalue weighted by Crippen LogP contribution is 2.16. The molecular formula is C10H11NO7. The highest BCUT2D eigenvalue weighted by atomic mass is 16.7. The van der Waals surface area contributed by atoms with Crippen LogP contribution < -0.4 is 0 Å². The van der Waals surface area contributed by atoms with Gasteiger partial charge in [0.15, 0.2) is 6.61 Å². The van der Waals surface area contributed by atoms with Gasteiger partial charge in [0.2, 0.25) is 5.76 Å². The number of nitrogens with zero attached hydrogens (tertiary/aromatic N) is 1. The molecule has 8 nitrogen and oxygen atoms in total. The number of esters is 2. The molecule has 1 heterocycles. The number of ether oxygens (including phenoxy) is 2. The van der Waals surface area contributed by atoms with Crippen LogP contribution >= 0.6 is 0 Å². The third kappa shape index (κ3) is 3.89. The predicted octanol–water partition coefficient (Wildman–Crippen LogP) is 1.30. The Balaban J connectivity index is 2.50. The SMILES string of the molecule is CC(C)OC(=O)COC(=O)c1ccc([N+](=O)[O-])o1. The molecule has 1 aromatic heterocycles. The van der Waals surface area contributed by atoms with Gasteiger partial charge in [0.25, 0.3) is 0 Å². The molecule has 1 rings (SSSR count). The number of hydrogen-bond acceptors (Lipinski definition) is 7. The van der Waals surface area contributed by atoms with Crippen LogP contribution in [0.4, 0.5) is 5.88 Å². The molecule has 1 aromatic rings. The Kier molecular flexibility index (Phi) is 4.41. The van der Waals surface area contributed by atoms with Crippen LogP contribution in [0.3, 0.4) is 0 Å². The van der Waals surface area contributed by atoms with Gasteiger partial charge in [0, 0.05) is 0 Å². The lowest BCUT2D eigenvalue weighted by Gasteiger charge is -2.07. The van der Waals surface area contributed by atoms with Gasteiger partial charge in [-0.2, -0.15) is 0 Å². The second-order valence-corrected chi connectivity index (χ2v) is 3.51. The first-order valence-corrected chi connectivity index (χ1v) is 5.01. The van der Waals surface area contributed by atoms with E-state index in [1.54, 1.807) is 13.8 Å². The maximum Gasteiger partial charge on any atom is 0.433 e. The second kappa shape index (κ2) is 5.80. The lowest BCUT2D eigenvalue weighted by Crippen LogP contribution is -2.19. The Morgan fingerprint density at radius 1 is 1.44 bits per heavy atom. The molecule has 0 amide bonds. The van der Waals surface area contributed by atoms with Gasteiger partial charge in [0.1, 0.15) is 4.92 Å². The number of carbonyl (C=O) groups is 2. The van der Waals surface area contributed by atoms with Gasteiger partial charge >= 0.3 is 17.8 Å². The largest absolute Gasteiger partial charge is 0.460 e. The summed E-state index contributed by atoms with van der Waals surface area (Å²) in [7, 11) is 0. The quantitative estimate of drug-likeness (QED) is 0.444. The number of carbonyl (C=O) groups excluding carboxylic acids is 2. The summed E-state index contributed by atoms with van der Waals surface area (Å²) in [6, 6.07) is 2.11. The predicted molar refractivity (Wildman–Crippen MR) is 56.9 cm³/mol. The monoisotopic (exact) mass is 257 g/mol. The van der Waals surface area contributed by atoms with E-state index in [1.165, 1.54) is 0 Å². The van der Waals surface area contributed by atoms with E-state index in [0.29, 0.717) is 0 Å². The molecule has 0 saturated carbocycles. The molecule has 0 fully saturated rings. The number of hydrogen-bond donors (Lipinski definition) is 0. The molecule has 0 N–H and O–H groups in total. The highest BCUT2D eigenvalue weighted by Gasteiger charge is 2.19. The number of furan rings is 1. The Morgan fingerprint density at radius 3 is 2.61 bits per heavy atom. The molecule has 8 heteroatoms. The fraction of sp³-hybridized carbons (Fsp3) is 0.400. The molecular weight excluding hydrogens is 246 g/mol. The van der Waals surface area contributed by atoms with E-state index in [-0.39, 0.29) is 11.9 Å². The maximum absolute atomic E-state index is 11.3. The van der Waals surface area contributed by atoms with Crippen molar-refractivity contribution in [2.75, 3.05) is 6.61 Å². The van der Waals surface area contributed by atoms with Crippen LogP contribution in [0.2, 0.25) is 0 Å². The summed E-state index contributed by atoms with van der Waals surface area (Å²) in [4.78, 5) is 31.9. The molecule has 0 atom stereocenters. The van der Waals surface area contributed by atoms with Gasteiger partial charge in [-0.25, -0.2) is 9.59 Å². The Morgan fingerprint density at radius 2 is 2.11 bits per heavy atom. The van der Waals surface area contributed by atoms with Crippen LogP contribution in [-0.2, 0) is 14.3 Å². The Bertz CT molecular complexity index is 463. The van der Waals surface area contributed by atoms with Crippen LogP contribution in [0, 0.1) is 10.1 Å².